The number of anilines is 2. The second-order valence-electron chi connectivity index (χ2n) is 10.4. The van der Waals surface area contributed by atoms with Gasteiger partial charge in [0.15, 0.2) is 0 Å². The lowest BCUT2D eigenvalue weighted by Crippen LogP contribution is -2.38. The van der Waals surface area contributed by atoms with Gasteiger partial charge in [-0.1, -0.05) is 43.9 Å². The fourth-order valence-electron chi connectivity index (χ4n) is 4.56. The average Bonchev–Trinajstić information content (AvgIpc) is 2.87. The lowest BCUT2D eigenvalue weighted by atomic mass is 10.0. The summed E-state index contributed by atoms with van der Waals surface area (Å²) in [5.74, 6) is -0.498. The van der Waals surface area contributed by atoms with Crippen LogP contribution in [-0.2, 0) is 11.2 Å². The molecule has 0 bridgehead atoms. The minimum Gasteiger partial charge on any atom is -0.443 e. The van der Waals surface area contributed by atoms with Crippen molar-refractivity contribution >= 4 is 34.3 Å². The van der Waals surface area contributed by atoms with Crippen molar-refractivity contribution in [1.29, 1.82) is 0 Å². The number of pyridine rings is 1. The molecule has 2 aromatic carbocycles. The summed E-state index contributed by atoms with van der Waals surface area (Å²) in [4.78, 5) is 43.9. The van der Waals surface area contributed by atoms with Gasteiger partial charge in [-0.3, -0.25) is 14.5 Å². The van der Waals surface area contributed by atoms with E-state index in [-0.39, 0.29) is 11.0 Å². The van der Waals surface area contributed by atoms with Crippen molar-refractivity contribution in [3.63, 3.8) is 0 Å². The van der Waals surface area contributed by atoms with E-state index in [9.17, 15) is 14.4 Å². The average molecular weight is 490 g/mol. The van der Waals surface area contributed by atoms with Crippen molar-refractivity contribution in [3.8, 4) is 0 Å². The molecule has 0 radical (unpaired) electrons. The Labute approximate surface area is 211 Å². The predicted molar refractivity (Wildman–Crippen MR) is 144 cm³/mol. The molecule has 0 spiro atoms. The maximum absolute atomic E-state index is 13.2. The molecule has 2 heterocycles. The number of carbonyl (C=O) groups is 2. The van der Waals surface area contributed by atoms with Crippen molar-refractivity contribution in [2.75, 3.05) is 16.8 Å². The van der Waals surface area contributed by atoms with E-state index in [1.165, 1.54) is 12.6 Å². The molecular weight excluding hydrogens is 454 g/mol. The topological polar surface area (TPSA) is 91.5 Å². The van der Waals surface area contributed by atoms with Gasteiger partial charge in [0.25, 0.3) is 5.91 Å². The Hall–Kier alpha value is -3.61. The molecule has 0 fully saturated rings. The molecule has 7 nitrogen and oxygen atoms in total. The first-order valence-corrected chi connectivity index (χ1v) is 12.8. The Bertz CT molecular complexity index is 1310. The normalized spacial score (nSPS) is 15.0. The molecule has 190 valence electrons. The van der Waals surface area contributed by atoms with Gasteiger partial charge in [0.05, 0.1) is 5.69 Å². The molecule has 36 heavy (non-hydrogen) atoms. The summed E-state index contributed by atoms with van der Waals surface area (Å²) in [7, 11) is 0. The standard InChI is InChI=1S/C29H35N3O4/c1-29(2,3)36-28(35)32-17-11-7-5-4-6-8-12-20-15-16-21(18-25(20)32)31-27(34)23-19-30-24-14-10-9-13-22(24)26(23)33/h9-10,13-16,18-19H,4-8,11-12,17H2,1-3H3,(H,30,33)(H,31,34). The minimum atomic E-state index is -0.619. The number of rotatable bonds is 2. The van der Waals surface area contributed by atoms with Crippen LogP contribution in [0.5, 0.6) is 0 Å². The molecule has 0 aliphatic carbocycles. The highest BCUT2D eigenvalue weighted by Gasteiger charge is 2.26. The van der Waals surface area contributed by atoms with Gasteiger partial charge >= 0.3 is 6.09 Å². The van der Waals surface area contributed by atoms with Crippen LogP contribution in [0.3, 0.4) is 0 Å². The zero-order valence-corrected chi connectivity index (χ0v) is 21.4. The van der Waals surface area contributed by atoms with Crippen LogP contribution in [0.1, 0.15) is 75.2 Å². The van der Waals surface area contributed by atoms with Gasteiger partial charge < -0.3 is 15.0 Å². The number of ether oxygens (including phenoxy) is 1. The number of hydrogen-bond donors (Lipinski definition) is 2. The number of H-pyrrole nitrogens is 1. The van der Waals surface area contributed by atoms with E-state index in [1.54, 1.807) is 23.1 Å². The van der Waals surface area contributed by atoms with Crippen LogP contribution < -0.4 is 15.6 Å². The quantitative estimate of drug-likeness (QED) is 0.435. The summed E-state index contributed by atoms with van der Waals surface area (Å²) < 4.78 is 5.73. The van der Waals surface area contributed by atoms with Gasteiger partial charge in [-0.25, -0.2) is 4.79 Å². The van der Waals surface area contributed by atoms with Crippen molar-refractivity contribution in [1.82, 2.24) is 4.98 Å². The summed E-state index contributed by atoms with van der Waals surface area (Å²) in [6.07, 6.45) is 8.35. The van der Waals surface area contributed by atoms with Crippen LogP contribution in [-0.4, -0.2) is 29.1 Å². The van der Waals surface area contributed by atoms with Gasteiger partial charge in [-0.2, -0.15) is 0 Å². The van der Waals surface area contributed by atoms with E-state index in [1.807, 2.05) is 45.0 Å². The number of fused-ring (bicyclic) bond motifs is 2. The fraction of sp³-hybridized carbons (Fsp3) is 0.414. The largest absolute Gasteiger partial charge is 0.443 e. The first-order valence-electron chi connectivity index (χ1n) is 12.8. The van der Waals surface area contributed by atoms with Crippen LogP contribution in [0.15, 0.2) is 53.5 Å². The third-order valence-corrected chi connectivity index (χ3v) is 6.36. The third-order valence-electron chi connectivity index (χ3n) is 6.36. The second kappa shape index (κ2) is 11.0. The number of aryl methyl sites for hydroxylation is 1. The molecule has 3 aromatic rings. The summed E-state index contributed by atoms with van der Waals surface area (Å²) >= 11 is 0. The Morgan fingerprint density at radius 1 is 0.972 bits per heavy atom. The molecule has 1 aliphatic rings. The Morgan fingerprint density at radius 2 is 1.69 bits per heavy atom. The maximum atomic E-state index is 13.2. The highest BCUT2D eigenvalue weighted by atomic mass is 16.6. The third kappa shape index (κ3) is 6.14. The van der Waals surface area contributed by atoms with Crippen LogP contribution in [0.4, 0.5) is 16.2 Å². The van der Waals surface area contributed by atoms with Gasteiger partial charge in [-0.05, 0) is 69.9 Å². The Kier molecular flexibility index (Phi) is 7.77. The minimum absolute atomic E-state index is 0.0363. The van der Waals surface area contributed by atoms with E-state index in [2.05, 4.69) is 10.3 Å². The molecule has 0 unspecified atom stereocenters. The summed E-state index contributed by atoms with van der Waals surface area (Å²) in [6.45, 7) is 6.12. The van der Waals surface area contributed by atoms with Gasteiger partial charge in [0, 0.05) is 29.3 Å². The number of aromatic amines is 1. The molecular formula is C29H35N3O4. The van der Waals surface area contributed by atoms with Crippen molar-refractivity contribution in [2.24, 2.45) is 0 Å². The molecule has 2 N–H and O–H groups in total. The highest BCUT2D eigenvalue weighted by Crippen LogP contribution is 2.30. The van der Waals surface area contributed by atoms with E-state index >= 15 is 0 Å². The Morgan fingerprint density at radius 3 is 2.47 bits per heavy atom. The zero-order valence-electron chi connectivity index (χ0n) is 21.4. The fourth-order valence-corrected chi connectivity index (χ4v) is 4.56. The number of nitrogens with one attached hydrogen (secondary N) is 2. The summed E-state index contributed by atoms with van der Waals surface area (Å²) in [5.41, 5.74) is 2.08. The lowest BCUT2D eigenvalue weighted by molar-refractivity contribution is 0.0579. The number of carbonyl (C=O) groups excluding carboxylic acids is 2. The SMILES string of the molecule is CC(C)(C)OC(=O)N1CCCCCCCCc2ccc(NC(=O)c3c[nH]c4ccccc4c3=O)cc21. The number of hydrogen-bond acceptors (Lipinski definition) is 4. The van der Waals surface area contributed by atoms with Crippen molar-refractivity contribution in [3.05, 3.63) is 70.0 Å². The van der Waals surface area contributed by atoms with Crippen LogP contribution in [0.25, 0.3) is 10.9 Å². The second-order valence-corrected chi connectivity index (χ2v) is 10.4. The maximum Gasteiger partial charge on any atom is 0.414 e. The zero-order chi connectivity index (χ0) is 25.7. The molecule has 0 atom stereocenters. The van der Waals surface area contributed by atoms with Crippen LogP contribution in [0.2, 0.25) is 0 Å². The smallest absolute Gasteiger partial charge is 0.414 e. The number of amides is 2. The van der Waals surface area contributed by atoms with Crippen molar-refractivity contribution in [2.45, 2.75) is 71.3 Å². The monoisotopic (exact) mass is 489 g/mol. The summed E-state index contributed by atoms with van der Waals surface area (Å²) in [6, 6.07) is 12.7. The van der Waals surface area contributed by atoms with Crippen LogP contribution >= 0.6 is 0 Å². The van der Waals surface area contributed by atoms with Gasteiger partial charge in [0.1, 0.15) is 11.2 Å². The molecule has 1 aromatic heterocycles. The molecule has 0 saturated carbocycles. The first kappa shape index (κ1) is 25.5. The summed E-state index contributed by atoms with van der Waals surface area (Å²) in [5, 5.41) is 3.32. The van der Waals surface area contributed by atoms with E-state index in [4.69, 9.17) is 4.74 Å². The number of para-hydroxylation sites is 1. The molecule has 0 saturated heterocycles. The van der Waals surface area contributed by atoms with Crippen molar-refractivity contribution < 1.29 is 14.3 Å². The predicted octanol–water partition coefficient (Wildman–Crippen LogP) is 6.42. The Balaban J connectivity index is 1.67. The van der Waals surface area contributed by atoms with Gasteiger partial charge in [-0.15, -0.1) is 0 Å². The number of aromatic nitrogens is 1. The van der Waals surface area contributed by atoms with E-state index < -0.39 is 17.6 Å². The first-order chi connectivity index (χ1) is 17.2. The molecule has 4 rings (SSSR count). The molecule has 1 aliphatic heterocycles. The number of benzene rings is 2. The van der Waals surface area contributed by atoms with E-state index in [0.717, 1.165) is 49.8 Å². The van der Waals surface area contributed by atoms with E-state index in [0.29, 0.717) is 23.1 Å². The molecule has 2 amide bonds. The van der Waals surface area contributed by atoms with Gasteiger partial charge in [0.2, 0.25) is 5.43 Å². The van der Waals surface area contributed by atoms with Crippen LogP contribution in [0, 0.1) is 0 Å². The molecule has 7 heteroatoms. The lowest BCUT2D eigenvalue weighted by Gasteiger charge is -2.29. The highest BCUT2D eigenvalue weighted by molar-refractivity contribution is 6.06. The number of nitrogens with zero attached hydrogens (tertiary/aromatic N) is 1.